The second kappa shape index (κ2) is 2.58. The Balaban J connectivity index is 2.29. The molecule has 1 fully saturated rings. The highest BCUT2D eigenvalue weighted by Crippen LogP contribution is 2.32. The lowest BCUT2D eigenvalue weighted by Crippen LogP contribution is -2.48. The summed E-state index contributed by atoms with van der Waals surface area (Å²) in [5.74, 6) is -0.192. The Hall–Kier alpha value is -0.570. The van der Waals surface area contributed by atoms with Gasteiger partial charge in [-0.1, -0.05) is 0 Å². The third-order valence-electron chi connectivity index (χ3n) is 2.07. The van der Waals surface area contributed by atoms with Crippen LogP contribution in [0.2, 0.25) is 0 Å². The second-order valence-corrected chi connectivity index (χ2v) is 2.97. The molecule has 3 nitrogen and oxygen atoms in total. The lowest BCUT2D eigenvalue weighted by atomic mass is 9.75. The van der Waals surface area contributed by atoms with Gasteiger partial charge in [-0.25, -0.2) is 0 Å². The fourth-order valence-electron chi connectivity index (χ4n) is 1.17. The average molecular weight is 143 g/mol. The van der Waals surface area contributed by atoms with E-state index in [0.717, 1.165) is 19.3 Å². The van der Waals surface area contributed by atoms with Crippen molar-refractivity contribution in [2.24, 2.45) is 5.73 Å². The quantitative estimate of drug-likeness (QED) is 0.570. The van der Waals surface area contributed by atoms with Gasteiger partial charge in [0.2, 0.25) is 0 Å². The molecule has 0 aliphatic heterocycles. The van der Waals surface area contributed by atoms with Crippen LogP contribution in [0.15, 0.2) is 0 Å². The first-order valence-corrected chi connectivity index (χ1v) is 3.52. The summed E-state index contributed by atoms with van der Waals surface area (Å²) in [6.07, 6.45) is 3.45. The van der Waals surface area contributed by atoms with Crippen LogP contribution in [0.1, 0.15) is 25.7 Å². The van der Waals surface area contributed by atoms with Crippen molar-refractivity contribution in [2.75, 3.05) is 7.11 Å². The van der Waals surface area contributed by atoms with Gasteiger partial charge in [-0.3, -0.25) is 4.79 Å². The Morgan fingerprint density at radius 2 is 2.30 bits per heavy atom. The summed E-state index contributed by atoms with van der Waals surface area (Å²) in [6, 6.07) is 0. The summed E-state index contributed by atoms with van der Waals surface area (Å²) in [7, 11) is 1.39. The highest BCUT2D eigenvalue weighted by Gasteiger charge is 2.34. The van der Waals surface area contributed by atoms with Gasteiger partial charge in [-0.2, -0.15) is 0 Å². The van der Waals surface area contributed by atoms with E-state index in [9.17, 15) is 4.79 Å². The Labute approximate surface area is 60.5 Å². The molecule has 0 aromatic carbocycles. The Morgan fingerprint density at radius 3 is 2.60 bits per heavy atom. The van der Waals surface area contributed by atoms with Gasteiger partial charge in [-0.15, -0.1) is 0 Å². The average Bonchev–Trinajstić information content (AvgIpc) is 1.84. The van der Waals surface area contributed by atoms with Gasteiger partial charge < -0.3 is 10.5 Å². The fraction of sp³-hybridized carbons (Fsp3) is 0.857. The van der Waals surface area contributed by atoms with Gasteiger partial charge in [0, 0.05) is 5.54 Å². The van der Waals surface area contributed by atoms with E-state index in [4.69, 9.17) is 5.73 Å². The first-order valence-electron chi connectivity index (χ1n) is 3.52. The summed E-state index contributed by atoms with van der Waals surface area (Å²) in [6.45, 7) is 0. The van der Waals surface area contributed by atoms with Crippen molar-refractivity contribution >= 4 is 5.97 Å². The molecule has 2 N–H and O–H groups in total. The van der Waals surface area contributed by atoms with E-state index in [0.29, 0.717) is 6.42 Å². The number of nitrogens with two attached hydrogens (primary N) is 1. The van der Waals surface area contributed by atoms with Crippen LogP contribution in [0.3, 0.4) is 0 Å². The molecule has 0 aromatic heterocycles. The zero-order chi connectivity index (χ0) is 7.61. The largest absolute Gasteiger partial charge is 0.469 e. The van der Waals surface area contributed by atoms with Crippen molar-refractivity contribution in [3.05, 3.63) is 0 Å². The van der Waals surface area contributed by atoms with E-state index < -0.39 is 0 Å². The summed E-state index contributed by atoms with van der Waals surface area (Å²) < 4.78 is 4.50. The standard InChI is InChI=1S/C7H13NO2/c1-10-6(9)5-7(8)3-2-4-7/h2-5,8H2,1H3. The molecule has 0 bridgehead atoms. The molecule has 0 amide bonds. The van der Waals surface area contributed by atoms with E-state index in [1.807, 2.05) is 0 Å². The SMILES string of the molecule is COC(=O)CC1(N)CCC1. The molecule has 0 aromatic rings. The molecule has 3 heteroatoms. The molecule has 1 saturated carbocycles. The summed E-state index contributed by atoms with van der Waals surface area (Å²) in [4.78, 5) is 10.7. The monoisotopic (exact) mass is 143 g/mol. The third kappa shape index (κ3) is 1.48. The predicted octanol–water partition coefficient (Wildman–Crippen LogP) is 0.431. The third-order valence-corrected chi connectivity index (χ3v) is 2.07. The number of rotatable bonds is 2. The zero-order valence-electron chi connectivity index (χ0n) is 6.22. The van der Waals surface area contributed by atoms with Gasteiger partial charge >= 0.3 is 5.97 Å². The number of hydrogen-bond donors (Lipinski definition) is 1. The predicted molar refractivity (Wildman–Crippen MR) is 37.4 cm³/mol. The maximum absolute atomic E-state index is 10.7. The number of methoxy groups -OCH3 is 1. The molecule has 0 unspecified atom stereocenters. The highest BCUT2D eigenvalue weighted by atomic mass is 16.5. The molecular weight excluding hydrogens is 130 g/mol. The molecular formula is C7H13NO2. The van der Waals surface area contributed by atoms with E-state index in [1.54, 1.807) is 0 Å². The fourth-order valence-corrected chi connectivity index (χ4v) is 1.17. The smallest absolute Gasteiger partial charge is 0.307 e. The summed E-state index contributed by atoms with van der Waals surface area (Å²) in [5.41, 5.74) is 5.55. The van der Waals surface area contributed by atoms with E-state index in [1.165, 1.54) is 7.11 Å². The van der Waals surface area contributed by atoms with Gasteiger partial charge in [0.1, 0.15) is 0 Å². The molecule has 1 aliphatic carbocycles. The number of ether oxygens (including phenoxy) is 1. The van der Waals surface area contributed by atoms with Crippen LogP contribution in [0.25, 0.3) is 0 Å². The molecule has 10 heavy (non-hydrogen) atoms. The number of hydrogen-bond acceptors (Lipinski definition) is 3. The van der Waals surface area contributed by atoms with Crippen molar-refractivity contribution < 1.29 is 9.53 Å². The number of esters is 1. The topological polar surface area (TPSA) is 52.3 Å². The zero-order valence-corrected chi connectivity index (χ0v) is 6.22. The lowest BCUT2D eigenvalue weighted by molar-refractivity contribution is -0.142. The van der Waals surface area contributed by atoms with E-state index in [2.05, 4.69) is 4.74 Å². The minimum Gasteiger partial charge on any atom is -0.469 e. The summed E-state index contributed by atoms with van der Waals surface area (Å²) in [5, 5.41) is 0. The first kappa shape index (κ1) is 7.54. The van der Waals surface area contributed by atoms with Gasteiger partial charge in [0.05, 0.1) is 13.5 Å². The van der Waals surface area contributed by atoms with Gasteiger partial charge in [0.25, 0.3) is 0 Å². The summed E-state index contributed by atoms with van der Waals surface area (Å²) >= 11 is 0. The van der Waals surface area contributed by atoms with Gasteiger partial charge in [-0.05, 0) is 19.3 Å². The normalized spacial score (nSPS) is 21.4. The van der Waals surface area contributed by atoms with Crippen LogP contribution in [-0.4, -0.2) is 18.6 Å². The maximum Gasteiger partial charge on any atom is 0.307 e. The molecule has 1 aliphatic rings. The molecule has 58 valence electrons. The van der Waals surface area contributed by atoms with Crippen LogP contribution in [0.5, 0.6) is 0 Å². The molecule has 0 saturated heterocycles. The van der Waals surface area contributed by atoms with Crippen molar-refractivity contribution in [1.82, 2.24) is 0 Å². The Kier molecular flexibility index (Phi) is 1.94. The molecule has 1 rings (SSSR count). The Bertz CT molecular complexity index is 141. The molecule has 0 atom stereocenters. The minimum atomic E-state index is -0.229. The van der Waals surface area contributed by atoms with Crippen LogP contribution in [0, 0.1) is 0 Å². The van der Waals surface area contributed by atoms with Crippen LogP contribution < -0.4 is 5.73 Å². The second-order valence-electron chi connectivity index (χ2n) is 2.97. The Morgan fingerprint density at radius 1 is 1.70 bits per heavy atom. The number of carbonyl (C=O) groups excluding carboxylic acids is 1. The van der Waals surface area contributed by atoms with Crippen molar-refractivity contribution in [2.45, 2.75) is 31.2 Å². The van der Waals surface area contributed by atoms with E-state index in [-0.39, 0.29) is 11.5 Å². The maximum atomic E-state index is 10.7. The van der Waals surface area contributed by atoms with Crippen LogP contribution >= 0.6 is 0 Å². The molecule has 0 radical (unpaired) electrons. The van der Waals surface area contributed by atoms with Crippen LogP contribution in [-0.2, 0) is 9.53 Å². The minimum absolute atomic E-state index is 0.192. The first-order chi connectivity index (χ1) is 4.66. The number of carbonyl (C=O) groups is 1. The molecule has 0 heterocycles. The van der Waals surface area contributed by atoms with Crippen LogP contribution in [0.4, 0.5) is 0 Å². The van der Waals surface area contributed by atoms with Crippen molar-refractivity contribution in [1.29, 1.82) is 0 Å². The lowest BCUT2D eigenvalue weighted by Gasteiger charge is -2.36. The van der Waals surface area contributed by atoms with E-state index >= 15 is 0 Å². The highest BCUT2D eigenvalue weighted by molar-refractivity contribution is 5.70. The van der Waals surface area contributed by atoms with Gasteiger partial charge in [0.15, 0.2) is 0 Å². The van der Waals surface area contributed by atoms with Crippen molar-refractivity contribution in [3.63, 3.8) is 0 Å². The van der Waals surface area contributed by atoms with Crippen molar-refractivity contribution in [3.8, 4) is 0 Å². The molecule has 0 spiro atoms.